The Morgan fingerprint density at radius 1 is 1.26 bits per heavy atom. The van der Waals surface area contributed by atoms with Crippen molar-refractivity contribution in [1.82, 2.24) is 19.4 Å². The van der Waals surface area contributed by atoms with Crippen LogP contribution in [0.4, 0.5) is 22.1 Å². The molecule has 0 aliphatic heterocycles. The number of aromatic nitrogens is 3. The van der Waals surface area contributed by atoms with E-state index in [2.05, 4.69) is 15.3 Å². The first kappa shape index (κ1) is 28.9. The standard InChI is InChI=1S/C29H31ClN6O6/c1-28(2,3)35(27(37)38)29(10-11-29)16-42-24-13-23(41-5)20(12-22(24)36(39)40)32-26-31-14-19(30)25(33-26)18-15-34(4)21-9-7-6-8-17(18)21/h6-9,12-15H,10-11,16H2,1-5H3,(H,37,38)(H,31,32,33). The molecule has 12 nitrogen and oxygen atoms in total. The molecule has 2 aromatic carbocycles. The average molecular weight is 595 g/mol. The summed E-state index contributed by atoms with van der Waals surface area (Å²) < 4.78 is 13.4. The van der Waals surface area contributed by atoms with Crippen LogP contribution < -0.4 is 14.8 Å². The van der Waals surface area contributed by atoms with Crippen molar-refractivity contribution < 1.29 is 24.3 Å². The number of fused-ring (bicyclic) bond motifs is 1. The van der Waals surface area contributed by atoms with Crippen LogP contribution in [0.3, 0.4) is 0 Å². The minimum absolute atomic E-state index is 0.0397. The molecule has 1 amide bonds. The zero-order chi connectivity index (χ0) is 30.4. The third-order valence-electron chi connectivity index (χ3n) is 7.28. The van der Waals surface area contributed by atoms with Crippen molar-refractivity contribution in [2.24, 2.45) is 7.05 Å². The lowest BCUT2D eigenvalue weighted by Crippen LogP contribution is -2.55. The van der Waals surface area contributed by atoms with Crippen LogP contribution in [0.2, 0.25) is 5.02 Å². The lowest BCUT2D eigenvalue weighted by molar-refractivity contribution is -0.385. The normalized spacial score (nSPS) is 14.0. The van der Waals surface area contributed by atoms with E-state index in [1.54, 1.807) is 20.8 Å². The highest BCUT2D eigenvalue weighted by Crippen LogP contribution is 2.47. The summed E-state index contributed by atoms with van der Waals surface area (Å²) in [6.45, 7) is 5.37. The first-order valence-corrected chi connectivity index (χ1v) is 13.6. The fraction of sp³-hybridized carbons (Fsp3) is 0.345. The predicted octanol–water partition coefficient (Wildman–Crippen LogP) is 6.64. The number of halogens is 1. The molecule has 0 bridgehead atoms. The number of ether oxygens (including phenoxy) is 2. The van der Waals surface area contributed by atoms with E-state index in [0.29, 0.717) is 23.6 Å². The monoisotopic (exact) mass is 594 g/mol. The summed E-state index contributed by atoms with van der Waals surface area (Å²) in [4.78, 5) is 33.8. The number of methoxy groups -OCH3 is 1. The van der Waals surface area contributed by atoms with E-state index in [1.165, 1.54) is 30.3 Å². The van der Waals surface area contributed by atoms with Crippen molar-refractivity contribution in [3.8, 4) is 22.8 Å². The second-order valence-electron chi connectivity index (χ2n) is 11.3. The number of para-hydroxylation sites is 1. The molecule has 1 aliphatic rings. The summed E-state index contributed by atoms with van der Waals surface area (Å²) in [5, 5.41) is 26.3. The Bertz CT molecular complexity index is 1690. The van der Waals surface area contributed by atoms with Gasteiger partial charge in [-0.25, -0.2) is 14.8 Å². The van der Waals surface area contributed by atoms with Crippen molar-refractivity contribution >= 4 is 45.9 Å². The van der Waals surface area contributed by atoms with Crippen LogP contribution >= 0.6 is 11.6 Å². The number of anilines is 2. The van der Waals surface area contributed by atoms with Crippen molar-refractivity contribution in [3.63, 3.8) is 0 Å². The Hall–Kier alpha value is -4.58. The molecule has 0 spiro atoms. The number of nitrogens with one attached hydrogen (secondary N) is 1. The Morgan fingerprint density at radius 3 is 2.60 bits per heavy atom. The largest absolute Gasteiger partial charge is 0.494 e. The fourth-order valence-corrected chi connectivity index (χ4v) is 5.52. The summed E-state index contributed by atoms with van der Waals surface area (Å²) in [7, 11) is 3.36. The minimum Gasteiger partial charge on any atom is -0.494 e. The molecular weight excluding hydrogens is 564 g/mol. The van der Waals surface area contributed by atoms with Gasteiger partial charge in [0.2, 0.25) is 11.7 Å². The highest BCUT2D eigenvalue weighted by molar-refractivity contribution is 6.33. The quantitative estimate of drug-likeness (QED) is 0.161. The van der Waals surface area contributed by atoms with E-state index < -0.39 is 22.1 Å². The van der Waals surface area contributed by atoms with Gasteiger partial charge in [-0.3, -0.25) is 15.0 Å². The van der Waals surface area contributed by atoms with E-state index in [4.69, 9.17) is 21.1 Å². The highest BCUT2D eigenvalue weighted by Gasteiger charge is 2.55. The van der Waals surface area contributed by atoms with Crippen LogP contribution in [0.15, 0.2) is 48.8 Å². The second kappa shape index (κ2) is 10.7. The van der Waals surface area contributed by atoms with Crippen LogP contribution in [0.1, 0.15) is 33.6 Å². The van der Waals surface area contributed by atoms with Crippen molar-refractivity contribution in [2.75, 3.05) is 19.0 Å². The lowest BCUT2D eigenvalue weighted by atomic mass is 10.0. The summed E-state index contributed by atoms with van der Waals surface area (Å²) in [5.41, 5.74) is 0.789. The fourth-order valence-electron chi connectivity index (χ4n) is 5.33. The number of hydrogen-bond acceptors (Lipinski definition) is 8. The second-order valence-corrected chi connectivity index (χ2v) is 11.7. The third-order valence-corrected chi connectivity index (χ3v) is 7.56. The molecule has 220 valence electrons. The average Bonchev–Trinajstić information content (AvgIpc) is 3.62. The number of nitro benzene ring substituents is 1. The first-order chi connectivity index (χ1) is 19.8. The number of nitrogens with zero attached hydrogens (tertiary/aromatic N) is 5. The first-order valence-electron chi connectivity index (χ1n) is 13.2. The zero-order valence-electron chi connectivity index (χ0n) is 23.8. The SMILES string of the molecule is COc1cc(OCC2(N(C(=O)O)C(C)(C)C)CC2)c([N+](=O)[O-])cc1Nc1ncc(Cl)c(-c2cn(C)c3ccccc23)n1. The van der Waals surface area contributed by atoms with Crippen LogP contribution in [0, 0.1) is 10.1 Å². The molecule has 0 atom stereocenters. The predicted molar refractivity (Wildman–Crippen MR) is 159 cm³/mol. The van der Waals surface area contributed by atoms with Crippen LogP contribution in [-0.2, 0) is 7.05 Å². The third kappa shape index (κ3) is 5.37. The lowest BCUT2D eigenvalue weighted by Gasteiger charge is -2.40. The maximum absolute atomic E-state index is 12.1. The molecular formula is C29H31ClN6O6. The van der Waals surface area contributed by atoms with E-state index in [-0.39, 0.29) is 35.4 Å². The summed E-state index contributed by atoms with van der Waals surface area (Å²) in [6.07, 6.45) is 3.51. The molecule has 1 fully saturated rings. The number of carboxylic acid groups (broad SMARTS) is 1. The van der Waals surface area contributed by atoms with Gasteiger partial charge in [-0.05, 0) is 39.7 Å². The Labute approximate surface area is 247 Å². The van der Waals surface area contributed by atoms with Gasteiger partial charge in [-0.15, -0.1) is 0 Å². The van der Waals surface area contributed by atoms with Gasteiger partial charge in [-0.2, -0.15) is 0 Å². The zero-order valence-corrected chi connectivity index (χ0v) is 24.6. The van der Waals surface area contributed by atoms with Crippen molar-refractivity contribution in [1.29, 1.82) is 0 Å². The number of nitro groups is 1. The van der Waals surface area contributed by atoms with Gasteiger partial charge < -0.3 is 24.5 Å². The molecule has 5 rings (SSSR count). The Morgan fingerprint density at radius 2 is 1.98 bits per heavy atom. The van der Waals surface area contributed by atoms with Gasteiger partial charge in [0.15, 0.2) is 0 Å². The Kier molecular flexibility index (Phi) is 7.35. The van der Waals surface area contributed by atoms with Gasteiger partial charge in [-0.1, -0.05) is 29.8 Å². The molecule has 13 heteroatoms. The Balaban J connectivity index is 1.46. The number of hydrogen-bond donors (Lipinski definition) is 2. The van der Waals surface area contributed by atoms with Crippen LogP contribution in [0.25, 0.3) is 22.2 Å². The van der Waals surface area contributed by atoms with Gasteiger partial charge in [0, 0.05) is 47.4 Å². The molecule has 2 aromatic heterocycles. The molecule has 2 heterocycles. The van der Waals surface area contributed by atoms with E-state index in [1.807, 2.05) is 42.1 Å². The molecule has 4 aromatic rings. The van der Waals surface area contributed by atoms with Crippen LogP contribution in [-0.4, -0.2) is 60.4 Å². The van der Waals surface area contributed by atoms with Crippen molar-refractivity contribution in [3.05, 3.63) is 63.9 Å². The van der Waals surface area contributed by atoms with Gasteiger partial charge >= 0.3 is 11.8 Å². The maximum Gasteiger partial charge on any atom is 0.408 e. The summed E-state index contributed by atoms with van der Waals surface area (Å²) in [5.74, 6) is 0.362. The molecule has 0 radical (unpaired) electrons. The number of aryl methyl sites for hydroxylation is 1. The number of amides is 1. The molecule has 0 saturated heterocycles. The summed E-state index contributed by atoms with van der Waals surface area (Å²) in [6, 6.07) is 10.5. The highest BCUT2D eigenvalue weighted by atomic mass is 35.5. The van der Waals surface area contributed by atoms with E-state index >= 15 is 0 Å². The minimum atomic E-state index is -1.07. The number of carbonyl (C=O) groups is 1. The summed E-state index contributed by atoms with van der Waals surface area (Å²) >= 11 is 6.50. The van der Waals surface area contributed by atoms with E-state index in [0.717, 1.165) is 16.5 Å². The van der Waals surface area contributed by atoms with Crippen LogP contribution in [0.5, 0.6) is 11.5 Å². The number of rotatable bonds is 9. The molecule has 0 unspecified atom stereocenters. The maximum atomic E-state index is 12.1. The smallest absolute Gasteiger partial charge is 0.408 e. The molecule has 42 heavy (non-hydrogen) atoms. The number of benzene rings is 2. The van der Waals surface area contributed by atoms with Gasteiger partial charge in [0.25, 0.3) is 0 Å². The molecule has 2 N–H and O–H groups in total. The van der Waals surface area contributed by atoms with Gasteiger partial charge in [0.1, 0.15) is 12.4 Å². The molecule has 1 aliphatic carbocycles. The molecule has 1 saturated carbocycles. The van der Waals surface area contributed by atoms with E-state index in [9.17, 15) is 20.0 Å². The van der Waals surface area contributed by atoms with Crippen molar-refractivity contribution in [2.45, 2.75) is 44.7 Å². The van der Waals surface area contributed by atoms with Gasteiger partial charge in [0.05, 0.1) is 40.2 Å². The topological polar surface area (TPSA) is 145 Å².